The Bertz CT molecular complexity index is 1700. The van der Waals surface area contributed by atoms with Gasteiger partial charge in [-0.2, -0.15) is 0 Å². The number of halogens is 4. The lowest BCUT2D eigenvalue weighted by Gasteiger charge is -2.48. The Balaban J connectivity index is 2.20. The van der Waals surface area contributed by atoms with Crippen LogP contribution in [0.4, 0.5) is 17.6 Å². The van der Waals surface area contributed by atoms with Gasteiger partial charge < -0.3 is 52.1 Å². The average molecular weight is 813 g/mol. The van der Waals surface area contributed by atoms with E-state index in [-0.39, 0.29) is 6.07 Å². The van der Waals surface area contributed by atoms with Gasteiger partial charge in [-0.15, -0.1) is 0 Å². The first kappa shape index (κ1) is 45.0. The minimum Gasteiger partial charge on any atom is -0.463 e. The highest BCUT2D eigenvalue weighted by atomic mass is 19.2. The van der Waals surface area contributed by atoms with Gasteiger partial charge in [-0.3, -0.25) is 33.6 Å². The van der Waals surface area contributed by atoms with E-state index < -0.39 is 151 Å². The van der Waals surface area contributed by atoms with Crippen molar-refractivity contribution in [2.24, 2.45) is 0 Å². The molecule has 0 amide bonds. The zero-order valence-electron chi connectivity index (χ0n) is 30.5. The van der Waals surface area contributed by atoms with E-state index in [1.165, 1.54) is 0 Å². The number of benzene rings is 1. The summed E-state index contributed by atoms with van der Waals surface area (Å²) < 4.78 is 116. The van der Waals surface area contributed by atoms with Gasteiger partial charge in [-0.05, 0) is 6.07 Å². The second-order valence-corrected chi connectivity index (χ2v) is 11.9. The molecule has 10 atom stereocenters. The van der Waals surface area contributed by atoms with E-state index >= 15 is 0 Å². The molecule has 2 aliphatic heterocycles. The Morgan fingerprint density at radius 3 is 1.34 bits per heavy atom. The number of esters is 8. The topological polar surface area (TPSA) is 238 Å². The highest BCUT2D eigenvalue weighted by Gasteiger charge is 2.58. The van der Waals surface area contributed by atoms with E-state index in [0.29, 0.717) is 0 Å². The van der Waals surface area contributed by atoms with Crippen molar-refractivity contribution >= 4 is 47.8 Å². The molecule has 19 nitrogen and oxygen atoms in total. The molecule has 2 aliphatic rings. The fourth-order valence-corrected chi connectivity index (χ4v) is 5.46. The molecule has 0 bridgehead atoms. The Morgan fingerprint density at radius 1 is 0.482 bits per heavy atom. The predicted octanol–water partition coefficient (Wildman–Crippen LogP) is 1.02. The van der Waals surface area contributed by atoms with Crippen LogP contribution in [0.15, 0.2) is 6.07 Å². The summed E-state index contributed by atoms with van der Waals surface area (Å²) in [6.07, 6.45) is -19.2. The summed E-state index contributed by atoms with van der Waals surface area (Å²) in [6, 6.07) is -0.0456. The smallest absolute Gasteiger partial charge is 0.343 e. The average Bonchev–Trinajstić information content (AvgIpc) is 3.07. The lowest BCUT2D eigenvalue weighted by molar-refractivity contribution is -0.356. The van der Waals surface area contributed by atoms with Crippen molar-refractivity contribution in [2.45, 2.75) is 110 Å². The second-order valence-electron chi connectivity index (χ2n) is 11.9. The summed E-state index contributed by atoms with van der Waals surface area (Å²) >= 11 is 0. The summed E-state index contributed by atoms with van der Waals surface area (Å²) in [5, 5.41) is 0. The van der Waals surface area contributed by atoms with Crippen LogP contribution in [0.1, 0.15) is 58.8 Å². The molecule has 0 spiro atoms. The number of ether oxygens (including phenoxy) is 11. The molecule has 0 saturated carbocycles. The van der Waals surface area contributed by atoms with Crippen LogP contribution in [-0.2, 0) is 85.7 Å². The second kappa shape index (κ2) is 19.4. The quantitative estimate of drug-likeness (QED) is 0.0888. The Labute approximate surface area is 313 Å². The van der Waals surface area contributed by atoms with Crippen LogP contribution in [0.3, 0.4) is 0 Å². The molecule has 310 valence electrons. The molecule has 0 unspecified atom stereocenters. The SMILES string of the molecule is CC(=O)OC[C@H]1O[C@@H](O[C@H]2[C@H](OC(C)=O)[C@@H](OC(C)=O)[C@H](OC(=O)c3cc(F)c(F)c(F)c3F)O[C@@H]2COC(C)=O)[C@H](OC(C)=O)[C@@H](OC(C)=O)[C@H]1OC(C)=O. The molecule has 1 aromatic rings. The molecule has 3 rings (SSSR count). The highest BCUT2D eigenvalue weighted by Crippen LogP contribution is 2.36. The largest absolute Gasteiger partial charge is 0.463 e. The molecular formula is C33H36F4O19. The summed E-state index contributed by atoms with van der Waals surface area (Å²) in [5.74, 6) is -17.9. The fourth-order valence-electron chi connectivity index (χ4n) is 5.46. The summed E-state index contributed by atoms with van der Waals surface area (Å²) in [6.45, 7) is 4.87. The number of hydrogen-bond acceptors (Lipinski definition) is 19. The highest BCUT2D eigenvalue weighted by molar-refractivity contribution is 5.90. The first-order valence-electron chi connectivity index (χ1n) is 16.2. The maximum absolute atomic E-state index is 14.6. The monoisotopic (exact) mass is 812 g/mol. The van der Waals surface area contributed by atoms with Gasteiger partial charge >= 0.3 is 47.8 Å². The molecule has 56 heavy (non-hydrogen) atoms. The van der Waals surface area contributed by atoms with Crippen molar-refractivity contribution in [1.82, 2.24) is 0 Å². The van der Waals surface area contributed by atoms with Crippen molar-refractivity contribution in [1.29, 1.82) is 0 Å². The number of hydrogen-bond donors (Lipinski definition) is 0. The standard InChI is InChI=1S/C33H36F4O19/c1-11(38)46-9-20-25(48-13(3)40)27(49-14(4)41)29(51-16(6)43)32(53-20)55-26-21(10-47-12(2)39)54-33(30(52-17(7)44)28(26)50-15(5)42)56-31(45)18-8-19(34)23(36)24(37)22(18)35/h8,20-21,25-30,32-33H,9-10H2,1-7H3/t20-,21-,25+,26-,27+,28+,29-,30-,32+,33+/m1/s1. The molecule has 1 aromatic carbocycles. The Morgan fingerprint density at radius 2 is 0.875 bits per heavy atom. The van der Waals surface area contributed by atoms with E-state index in [1.807, 2.05) is 0 Å². The number of rotatable bonds is 13. The zero-order chi connectivity index (χ0) is 42.2. The molecule has 2 saturated heterocycles. The molecule has 23 heteroatoms. The van der Waals surface area contributed by atoms with Crippen molar-refractivity contribution in [3.8, 4) is 0 Å². The van der Waals surface area contributed by atoms with E-state index in [9.17, 15) is 55.9 Å². The minimum absolute atomic E-state index is 0.0456. The van der Waals surface area contributed by atoms with E-state index in [1.54, 1.807) is 0 Å². The van der Waals surface area contributed by atoms with Crippen LogP contribution < -0.4 is 0 Å². The van der Waals surface area contributed by atoms with E-state index in [2.05, 4.69) is 0 Å². The van der Waals surface area contributed by atoms with Gasteiger partial charge in [0.15, 0.2) is 54.0 Å². The van der Waals surface area contributed by atoms with E-state index in [0.717, 1.165) is 48.5 Å². The summed E-state index contributed by atoms with van der Waals surface area (Å²) in [7, 11) is 0. The number of carbonyl (C=O) groups excluding carboxylic acids is 8. The first-order valence-corrected chi connectivity index (χ1v) is 16.2. The zero-order valence-corrected chi connectivity index (χ0v) is 30.5. The third-order valence-corrected chi connectivity index (χ3v) is 7.43. The number of carbonyl (C=O) groups is 8. The van der Waals surface area contributed by atoms with Crippen LogP contribution in [0, 0.1) is 23.3 Å². The Hall–Kier alpha value is -5.42. The molecule has 0 N–H and O–H groups in total. The van der Waals surface area contributed by atoms with Gasteiger partial charge in [0, 0.05) is 48.5 Å². The van der Waals surface area contributed by atoms with Crippen molar-refractivity contribution < 1.29 is 108 Å². The molecule has 0 aromatic heterocycles. The van der Waals surface area contributed by atoms with Gasteiger partial charge in [0.25, 0.3) is 0 Å². The lowest BCUT2D eigenvalue weighted by Crippen LogP contribution is -2.67. The third-order valence-electron chi connectivity index (χ3n) is 7.43. The van der Waals surface area contributed by atoms with Gasteiger partial charge in [-0.1, -0.05) is 0 Å². The van der Waals surface area contributed by atoms with Gasteiger partial charge in [0.1, 0.15) is 37.1 Å². The van der Waals surface area contributed by atoms with Crippen molar-refractivity contribution in [3.05, 3.63) is 34.9 Å². The van der Waals surface area contributed by atoms with Crippen LogP contribution in [0.25, 0.3) is 0 Å². The minimum atomic E-state index is -2.39. The molecule has 2 fully saturated rings. The molecule has 0 aliphatic carbocycles. The van der Waals surface area contributed by atoms with Crippen LogP contribution >= 0.6 is 0 Å². The predicted molar refractivity (Wildman–Crippen MR) is 165 cm³/mol. The lowest BCUT2D eigenvalue weighted by atomic mass is 9.96. The van der Waals surface area contributed by atoms with Crippen molar-refractivity contribution in [2.75, 3.05) is 13.2 Å². The maximum Gasteiger partial charge on any atom is 0.343 e. The Kier molecular flexibility index (Phi) is 15.6. The van der Waals surface area contributed by atoms with Crippen molar-refractivity contribution in [3.63, 3.8) is 0 Å². The van der Waals surface area contributed by atoms with E-state index in [4.69, 9.17) is 52.1 Å². The first-order chi connectivity index (χ1) is 26.1. The van der Waals surface area contributed by atoms with Gasteiger partial charge in [-0.25, -0.2) is 22.4 Å². The fraction of sp³-hybridized carbons (Fsp3) is 0.576. The van der Waals surface area contributed by atoms with Crippen LogP contribution in [0.2, 0.25) is 0 Å². The normalized spacial score (nSPS) is 27.1. The van der Waals surface area contributed by atoms with Crippen LogP contribution in [-0.4, -0.2) is 122 Å². The molecule has 2 heterocycles. The van der Waals surface area contributed by atoms with Gasteiger partial charge in [0.2, 0.25) is 12.4 Å². The van der Waals surface area contributed by atoms with Gasteiger partial charge in [0.05, 0.1) is 0 Å². The molecular weight excluding hydrogens is 776 g/mol. The maximum atomic E-state index is 14.6. The summed E-state index contributed by atoms with van der Waals surface area (Å²) in [5.41, 5.74) is -1.50. The molecule has 0 radical (unpaired) electrons. The third kappa shape index (κ3) is 11.8. The van der Waals surface area contributed by atoms with Crippen LogP contribution in [0.5, 0.6) is 0 Å². The summed E-state index contributed by atoms with van der Waals surface area (Å²) in [4.78, 5) is 98.4.